The molecule has 142 valence electrons. The van der Waals surface area contributed by atoms with Crippen LogP contribution in [0.15, 0.2) is 35.4 Å². The average Bonchev–Trinajstić information content (AvgIpc) is 3.28. The van der Waals surface area contributed by atoms with Crippen molar-refractivity contribution in [2.75, 3.05) is 24.6 Å². The van der Waals surface area contributed by atoms with Gasteiger partial charge < -0.3 is 9.88 Å². The lowest BCUT2D eigenvalue weighted by Crippen LogP contribution is -2.35. The third-order valence-electron chi connectivity index (χ3n) is 5.19. The van der Waals surface area contributed by atoms with Gasteiger partial charge >= 0.3 is 0 Å². The number of nitrogens with one attached hydrogen (secondary N) is 1. The van der Waals surface area contributed by atoms with E-state index in [1.807, 2.05) is 6.07 Å². The lowest BCUT2D eigenvalue weighted by Gasteiger charge is -2.19. The highest BCUT2D eigenvalue weighted by Gasteiger charge is 2.38. The molecular formula is C18H20N4O4S. The molecule has 2 aromatic heterocycles. The van der Waals surface area contributed by atoms with Crippen LogP contribution in [0.5, 0.6) is 0 Å². The van der Waals surface area contributed by atoms with E-state index in [2.05, 4.69) is 15.0 Å². The highest BCUT2D eigenvalue weighted by Crippen LogP contribution is 2.29. The quantitative estimate of drug-likeness (QED) is 0.823. The maximum atomic E-state index is 12.6. The second kappa shape index (κ2) is 6.88. The van der Waals surface area contributed by atoms with Gasteiger partial charge in [-0.3, -0.25) is 14.6 Å². The monoisotopic (exact) mass is 388 g/mol. The number of likely N-dealkylation sites (tertiary alicyclic amines) is 1. The number of carbonyl (C=O) groups is 1. The summed E-state index contributed by atoms with van der Waals surface area (Å²) in [5, 5.41) is 0. The normalized spacial score (nSPS) is 24.2. The van der Waals surface area contributed by atoms with Crippen LogP contribution in [0.4, 0.5) is 0 Å². The van der Waals surface area contributed by atoms with Crippen molar-refractivity contribution in [1.29, 1.82) is 0 Å². The first-order valence-electron chi connectivity index (χ1n) is 8.92. The van der Waals surface area contributed by atoms with E-state index in [4.69, 9.17) is 0 Å². The lowest BCUT2D eigenvalue weighted by atomic mass is 10.1. The molecule has 2 aromatic rings. The molecule has 0 saturated carbocycles. The van der Waals surface area contributed by atoms with E-state index in [9.17, 15) is 18.0 Å². The van der Waals surface area contributed by atoms with Crippen molar-refractivity contribution in [3.63, 3.8) is 0 Å². The van der Waals surface area contributed by atoms with Gasteiger partial charge in [0.1, 0.15) is 5.82 Å². The van der Waals surface area contributed by atoms with Gasteiger partial charge in [-0.2, -0.15) is 0 Å². The van der Waals surface area contributed by atoms with E-state index >= 15 is 0 Å². The third-order valence-corrected chi connectivity index (χ3v) is 6.95. The van der Waals surface area contributed by atoms with Crippen LogP contribution in [0.3, 0.4) is 0 Å². The smallest absolute Gasteiger partial charge is 0.251 e. The molecule has 0 unspecified atom stereocenters. The molecular weight excluding hydrogens is 368 g/mol. The molecule has 8 nitrogen and oxygen atoms in total. The van der Waals surface area contributed by atoms with Crippen LogP contribution in [-0.2, 0) is 14.6 Å². The number of hydrogen-bond donors (Lipinski definition) is 1. The van der Waals surface area contributed by atoms with Crippen LogP contribution < -0.4 is 5.56 Å². The van der Waals surface area contributed by atoms with Gasteiger partial charge in [0.15, 0.2) is 9.84 Å². The molecule has 0 spiro atoms. The molecule has 1 N–H and O–H groups in total. The first-order chi connectivity index (χ1) is 12.9. The van der Waals surface area contributed by atoms with Crippen molar-refractivity contribution in [2.24, 2.45) is 5.92 Å². The minimum atomic E-state index is -3.09. The Labute approximate surface area is 156 Å². The van der Waals surface area contributed by atoms with E-state index in [1.54, 1.807) is 23.4 Å². The summed E-state index contributed by atoms with van der Waals surface area (Å²) in [6.45, 7) is 0.982. The number of aromatic amines is 1. The number of carbonyl (C=O) groups excluding carboxylic acids is 1. The average molecular weight is 388 g/mol. The molecule has 0 aromatic carbocycles. The van der Waals surface area contributed by atoms with Crippen LogP contribution in [0, 0.1) is 5.92 Å². The summed E-state index contributed by atoms with van der Waals surface area (Å²) >= 11 is 0. The van der Waals surface area contributed by atoms with Crippen LogP contribution >= 0.6 is 0 Å². The zero-order valence-electron chi connectivity index (χ0n) is 14.7. The molecule has 9 heteroatoms. The standard InChI is InChI=1S/C18H20N4O4S/c23-16-8-15(12-2-1-5-19-9-12)20-17(21-16)13-3-6-22(10-13)18(24)14-4-7-27(25,26)11-14/h1-2,5,8-9,13-14H,3-4,6-7,10-11H2,(H,20,21,23)/t13-,14-/m0/s1. The van der Waals surface area contributed by atoms with Crippen molar-refractivity contribution in [2.45, 2.75) is 18.8 Å². The molecule has 0 bridgehead atoms. The molecule has 27 heavy (non-hydrogen) atoms. The fraction of sp³-hybridized carbons (Fsp3) is 0.444. The topological polar surface area (TPSA) is 113 Å². The Kier molecular flexibility index (Phi) is 4.55. The molecule has 4 heterocycles. The first kappa shape index (κ1) is 17.8. The van der Waals surface area contributed by atoms with E-state index < -0.39 is 15.8 Å². The Morgan fingerprint density at radius 2 is 2.15 bits per heavy atom. The number of hydrogen-bond acceptors (Lipinski definition) is 6. The number of nitrogens with zero attached hydrogens (tertiary/aromatic N) is 3. The number of amides is 1. The maximum Gasteiger partial charge on any atom is 0.251 e. The number of H-pyrrole nitrogens is 1. The van der Waals surface area contributed by atoms with E-state index in [0.29, 0.717) is 37.4 Å². The van der Waals surface area contributed by atoms with Crippen molar-refractivity contribution in [3.05, 3.63) is 46.8 Å². The van der Waals surface area contributed by atoms with Crippen molar-refractivity contribution < 1.29 is 13.2 Å². The summed E-state index contributed by atoms with van der Waals surface area (Å²) in [7, 11) is -3.09. The lowest BCUT2D eigenvalue weighted by molar-refractivity contribution is -0.133. The summed E-state index contributed by atoms with van der Waals surface area (Å²) in [5.41, 5.74) is 1.06. The Hall–Kier alpha value is -2.55. The summed E-state index contributed by atoms with van der Waals surface area (Å²) in [5.74, 6) is -0.0415. The summed E-state index contributed by atoms with van der Waals surface area (Å²) < 4.78 is 23.3. The van der Waals surface area contributed by atoms with Gasteiger partial charge in [-0.15, -0.1) is 0 Å². The molecule has 2 atom stereocenters. The van der Waals surface area contributed by atoms with Gasteiger partial charge in [-0.05, 0) is 25.0 Å². The molecule has 1 amide bonds. The van der Waals surface area contributed by atoms with Crippen molar-refractivity contribution >= 4 is 15.7 Å². The second-order valence-corrected chi connectivity index (χ2v) is 9.36. The van der Waals surface area contributed by atoms with Crippen LogP contribution in [0.2, 0.25) is 0 Å². The number of aromatic nitrogens is 3. The van der Waals surface area contributed by atoms with Gasteiger partial charge in [0.25, 0.3) is 5.56 Å². The minimum absolute atomic E-state index is 0.0570. The van der Waals surface area contributed by atoms with Crippen LogP contribution in [0.25, 0.3) is 11.3 Å². The number of sulfone groups is 1. The van der Waals surface area contributed by atoms with Crippen molar-refractivity contribution in [3.8, 4) is 11.3 Å². The zero-order valence-corrected chi connectivity index (χ0v) is 15.5. The summed E-state index contributed by atoms with van der Waals surface area (Å²) in [4.78, 5) is 37.8. The Bertz CT molecular complexity index is 1020. The highest BCUT2D eigenvalue weighted by molar-refractivity contribution is 7.91. The Balaban J connectivity index is 1.52. The second-order valence-electron chi connectivity index (χ2n) is 7.13. The minimum Gasteiger partial charge on any atom is -0.342 e. The van der Waals surface area contributed by atoms with E-state index in [-0.39, 0.29) is 28.9 Å². The molecule has 2 aliphatic heterocycles. The van der Waals surface area contributed by atoms with Crippen LogP contribution in [-0.4, -0.2) is 58.8 Å². The first-order valence-corrected chi connectivity index (χ1v) is 10.7. The molecule has 4 rings (SSSR count). The fourth-order valence-electron chi connectivity index (χ4n) is 3.76. The number of rotatable bonds is 3. The highest BCUT2D eigenvalue weighted by atomic mass is 32.2. The Morgan fingerprint density at radius 1 is 1.30 bits per heavy atom. The largest absolute Gasteiger partial charge is 0.342 e. The van der Waals surface area contributed by atoms with Crippen molar-refractivity contribution in [1.82, 2.24) is 19.9 Å². The zero-order chi connectivity index (χ0) is 19.0. The van der Waals surface area contributed by atoms with Gasteiger partial charge in [-0.1, -0.05) is 0 Å². The maximum absolute atomic E-state index is 12.6. The predicted molar refractivity (Wildman–Crippen MR) is 98.8 cm³/mol. The van der Waals surface area contributed by atoms with Gasteiger partial charge in [0.05, 0.1) is 23.1 Å². The Morgan fingerprint density at radius 3 is 2.85 bits per heavy atom. The predicted octanol–water partition coefficient (Wildman–Crippen LogP) is 0.583. The summed E-state index contributed by atoms with van der Waals surface area (Å²) in [6.07, 6.45) is 4.39. The third kappa shape index (κ3) is 3.78. The van der Waals surface area contributed by atoms with Gasteiger partial charge in [-0.25, -0.2) is 13.4 Å². The molecule has 0 radical (unpaired) electrons. The fourth-order valence-corrected chi connectivity index (χ4v) is 5.50. The van der Waals surface area contributed by atoms with Crippen LogP contribution in [0.1, 0.15) is 24.6 Å². The van der Waals surface area contributed by atoms with Gasteiger partial charge in [0.2, 0.25) is 5.91 Å². The molecule has 2 saturated heterocycles. The van der Waals surface area contributed by atoms with Gasteiger partial charge in [0, 0.05) is 43.0 Å². The van der Waals surface area contributed by atoms with E-state index in [0.717, 1.165) is 5.56 Å². The number of pyridine rings is 1. The molecule has 0 aliphatic carbocycles. The molecule has 2 fully saturated rings. The molecule has 2 aliphatic rings. The SMILES string of the molecule is O=C([C@H]1CCS(=O)(=O)C1)N1CC[C@H](c2nc(-c3cccnc3)cc(=O)[nH]2)C1. The summed E-state index contributed by atoms with van der Waals surface area (Å²) in [6, 6.07) is 5.05. The van der Waals surface area contributed by atoms with E-state index in [1.165, 1.54) is 6.07 Å².